The predicted molar refractivity (Wildman–Crippen MR) is 89.3 cm³/mol. The number of fused-ring (bicyclic) bond motifs is 1. The molecular formula is C18H16F2N4O2. The summed E-state index contributed by atoms with van der Waals surface area (Å²) in [4.78, 5) is 29.9. The lowest BCUT2D eigenvalue weighted by molar-refractivity contribution is -0.133. The number of ketones is 1. The van der Waals surface area contributed by atoms with Gasteiger partial charge in [-0.2, -0.15) is 5.26 Å². The highest BCUT2D eigenvalue weighted by molar-refractivity contribution is 6.08. The molecule has 1 amide bonds. The highest BCUT2D eigenvalue weighted by Crippen LogP contribution is 2.32. The second-order valence-corrected chi connectivity index (χ2v) is 6.28. The van der Waals surface area contributed by atoms with E-state index in [0.717, 1.165) is 4.90 Å². The van der Waals surface area contributed by atoms with Crippen LogP contribution in [-0.4, -0.2) is 46.1 Å². The van der Waals surface area contributed by atoms with Gasteiger partial charge in [0.1, 0.15) is 6.04 Å². The lowest BCUT2D eigenvalue weighted by Gasteiger charge is -2.22. The van der Waals surface area contributed by atoms with Crippen molar-refractivity contribution in [3.05, 3.63) is 42.1 Å². The van der Waals surface area contributed by atoms with E-state index in [1.807, 2.05) is 0 Å². The van der Waals surface area contributed by atoms with Gasteiger partial charge in [0, 0.05) is 30.0 Å². The molecule has 2 atom stereocenters. The summed E-state index contributed by atoms with van der Waals surface area (Å²) in [5, 5.41) is 9.61. The van der Waals surface area contributed by atoms with E-state index in [1.54, 1.807) is 30.3 Å². The molecule has 0 bridgehead atoms. The Morgan fingerprint density at radius 3 is 2.85 bits per heavy atom. The fourth-order valence-electron chi connectivity index (χ4n) is 3.11. The van der Waals surface area contributed by atoms with Crippen molar-refractivity contribution in [2.24, 2.45) is 5.73 Å². The molecule has 0 aliphatic carbocycles. The SMILES string of the molecule is N#C[C@@H]1CC(F)(F)CN1C(=O)C(N)CC(=O)c1ccnc2ccccc12. The number of aromatic nitrogens is 1. The standard InChI is InChI=1S/C18H16F2N4O2/c19-18(20)8-11(9-21)24(10-18)17(26)14(22)7-16(25)13-5-6-23-15-4-2-1-3-12(13)15/h1-6,11,14H,7-8,10,22H2/t11-,14?/m0/s1. The second-order valence-electron chi connectivity index (χ2n) is 6.28. The van der Waals surface area contributed by atoms with Crippen molar-refractivity contribution in [1.29, 1.82) is 5.26 Å². The van der Waals surface area contributed by atoms with Crippen LogP contribution in [0.1, 0.15) is 23.2 Å². The number of hydrogen-bond acceptors (Lipinski definition) is 5. The van der Waals surface area contributed by atoms with Gasteiger partial charge in [0.15, 0.2) is 5.78 Å². The molecule has 2 N–H and O–H groups in total. The highest BCUT2D eigenvalue weighted by atomic mass is 19.3. The fraction of sp³-hybridized carbons (Fsp3) is 0.333. The maximum Gasteiger partial charge on any atom is 0.268 e. The minimum atomic E-state index is -3.12. The van der Waals surface area contributed by atoms with E-state index in [-0.39, 0.29) is 12.2 Å². The highest BCUT2D eigenvalue weighted by Gasteiger charge is 2.48. The van der Waals surface area contributed by atoms with Gasteiger partial charge >= 0.3 is 0 Å². The molecule has 1 saturated heterocycles. The van der Waals surface area contributed by atoms with E-state index < -0.39 is 36.9 Å². The number of Topliss-reactive ketones (excluding diaryl/α,β-unsaturated/α-hetero) is 1. The maximum absolute atomic E-state index is 13.5. The van der Waals surface area contributed by atoms with Crippen molar-refractivity contribution in [2.75, 3.05) is 6.54 Å². The Bertz CT molecular complexity index is 904. The van der Waals surface area contributed by atoms with Gasteiger partial charge in [-0.1, -0.05) is 18.2 Å². The van der Waals surface area contributed by atoms with E-state index in [2.05, 4.69) is 4.98 Å². The van der Waals surface area contributed by atoms with E-state index in [9.17, 15) is 18.4 Å². The summed E-state index contributed by atoms with van der Waals surface area (Å²) < 4.78 is 27.0. The molecule has 2 aromatic rings. The number of likely N-dealkylation sites (tertiary alicyclic amines) is 1. The van der Waals surface area contributed by atoms with Crippen LogP contribution in [0.4, 0.5) is 8.78 Å². The predicted octanol–water partition coefficient (Wildman–Crippen LogP) is 1.89. The molecule has 3 rings (SSSR count). The molecule has 1 aliphatic heterocycles. The van der Waals surface area contributed by atoms with Crippen molar-refractivity contribution in [2.45, 2.75) is 30.8 Å². The van der Waals surface area contributed by atoms with Crippen molar-refractivity contribution in [1.82, 2.24) is 9.88 Å². The third-order valence-electron chi connectivity index (χ3n) is 4.37. The van der Waals surface area contributed by atoms with Gasteiger partial charge in [0.05, 0.1) is 24.2 Å². The molecule has 26 heavy (non-hydrogen) atoms. The number of para-hydroxylation sites is 1. The van der Waals surface area contributed by atoms with Crippen LogP contribution in [-0.2, 0) is 4.79 Å². The average Bonchev–Trinajstić information content (AvgIpc) is 2.95. The Kier molecular flexibility index (Phi) is 4.66. The zero-order valence-corrected chi connectivity index (χ0v) is 13.7. The first kappa shape index (κ1) is 17.9. The number of hydrogen-bond donors (Lipinski definition) is 1. The van der Waals surface area contributed by atoms with Crippen molar-refractivity contribution < 1.29 is 18.4 Å². The largest absolute Gasteiger partial charge is 0.320 e. The number of nitrogens with zero attached hydrogens (tertiary/aromatic N) is 3. The van der Waals surface area contributed by atoms with Gasteiger partial charge in [-0.15, -0.1) is 0 Å². The van der Waals surface area contributed by atoms with Crippen LogP contribution < -0.4 is 5.73 Å². The Morgan fingerprint density at radius 2 is 2.12 bits per heavy atom. The first-order chi connectivity index (χ1) is 12.3. The first-order valence-electron chi connectivity index (χ1n) is 8.03. The summed E-state index contributed by atoms with van der Waals surface area (Å²) >= 11 is 0. The van der Waals surface area contributed by atoms with Gasteiger partial charge in [-0.25, -0.2) is 8.78 Å². The average molecular weight is 358 g/mol. The fourth-order valence-corrected chi connectivity index (χ4v) is 3.11. The summed E-state index contributed by atoms with van der Waals surface area (Å²) in [7, 11) is 0. The topological polar surface area (TPSA) is 100 Å². The molecule has 0 radical (unpaired) electrons. The molecule has 1 aromatic heterocycles. The Morgan fingerprint density at radius 1 is 1.38 bits per heavy atom. The number of alkyl halides is 2. The van der Waals surface area contributed by atoms with Crippen LogP contribution in [0.3, 0.4) is 0 Å². The van der Waals surface area contributed by atoms with E-state index in [1.165, 1.54) is 12.3 Å². The molecule has 6 nitrogen and oxygen atoms in total. The summed E-state index contributed by atoms with van der Waals surface area (Å²) in [5.41, 5.74) is 6.79. The molecule has 1 fully saturated rings. The number of nitriles is 1. The van der Waals surface area contributed by atoms with Gasteiger partial charge in [-0.05, 0) is 12.1 Å². The van der Waals surface area contributed by atoms with Crippen molar-refractivity contribution in [3.63, 3.8) is 0 Å². The van der Waals surface area contributed by atoms with Crippen LogP contribution in [0, 0.1) is 11.3 Å². The van der Waals surface area contributed by atoms with Crippen LogP contribution in [0.5, 0.6) is 0 Å². The van der Waals surface area contributed by atoms with Gasteiger partial charge in [0.2, 0.25) is 5.91 Å². The normalized spacial score (nSPS) is 19.9. The van der Waals surface area contributed by atoms with Gasteiger partial charge in [-0.3, -0.25) is 14.6 Å². The summed E-state index contributed by atoms with van der Waals surface area (Å²) in [6.45, 7) is -0.857. The Hall–Kier alpha value is -2.92. The number of rotatable bonds is 4. The Balaban J connectivity index is 1.77. The molecule has 134 valence electrons. The molecule has 0 spiro atoms. The number of carbonyl (C=O) groups is 2. The first-order valence-corrected chi connectivity index (χ1v) is 8.03. The number of benzene rings is 1. The maximum atomic E-state index is 13.5. The van der Waals surface area contributed by atoms with Crippen molar-refractivity contribution in [3.8, 4) is 6.07 Å². The van der Waals surface area contributed by atoms with Gasteiger partial charge in [0.25, 0.3) is 5.92 Å². The molecular weight excluding hydrogens is 342 g/mol. The number of amides is 1. The Labute approximate surface area is 148 Å². The number of halogens is 2. The minimum Gasteiger partial charge on any atom is -0.320 e. The number of pyridine rings is 1. The van der Waals surface area contributed by atoms with Gasteiger partial charge < -0.3 is 10.6 Å². The molecule has 1 unspecified atom stereocenters. The van der Waals surface area contributed by atoms with Crippen LogP contribution >= 0.6 is 0 Å². The number of nitrogens with two attached hydrogens (primary N) is 1. The van der Waals surface area contributed by atoms with E-state index in [0.29, 0.717) is 16.5 Å². The molecule has 1 aliphatic rings. The van der Waals surface area contributed by atoms with Crippen molar-refractivity contribution >= 4 is 22.6 Å². The molecule has 8 heteroatoms. The number of carbonyl (C=O) groups excluding carboxylic acids is 2. The quantitative estimate of drug-likeness (QED) is 0.842. The summed E-state index contributed by atoms with van der Waals surface area (Å²) in [5.74, 6) is -4.33. The van der Waals surface area contributed by atoms with Crippen LogP contribution in [0.25, 0.3) is 10.9 Å². The smallest absolute Gasteiger partial charge is 0.268 e. The lowest BCUT2D eigenvalue weighted by atomic mass is 10.00. The monoisotopic (exact) mass is 358 g/mol. The van der Waals surface area contributed by atoms with Crippen LogP contribution in [0.2, 0.25) is 0 Å². The zero-order valence-electron chi connectivity index (χ0n) is 13.7. The third kappa shape index (κ3) is 3.39. The molecule has 0 saturated carbocycles. The van der Waals surface area contributed by atoms with E-state index >= 15 is 0 Å². The molecule has 2 heterocycles. The van der Waals surface area contributed by atoms with Crippen LogP contribution in [0.15, 0.2) is 36.5 Å². The lowest BCUT2D eigenvalue weighted by Crippen LogP contribution is -2.47. The summed E-state index contributed by atoms with van der Waals surface area (Å²) in [6, 6.07) is 7.72. The minimum absolute atomic E-state index is 0.340. The second kappa shape index (κ2) is 6.77. The zero-order chi connectivity index (χ0) is 18.9. The van der Waals surface area contributed by atoms with E-state index in [4.69, 9.17) is 11.0 Å². The third-order valence-corrected chi connectivity index (χ3v) is 4.37. The summed E-state index contributed by atoms with van der Waals surface area (Å²) in [6.07, 6.45) is 0.424. The molecule has 1 aromatic carbocycles.